The van der Waals surface area contributed by atoms with Gasteiger partial charge in [-0.2, -0.15) is 0 Å². The number of fused-ring (bicyclic) bond motifs is 2. The number of nitrogens with zero attached hydrogens (tertiary/aromatic N) is 1. The Balaban J connectivity index is 0.000000902. The average Bonchev–Trinajstić information content (AvgIpc) is 2.35. The van der Waals surface area contributed by atoms with Gasteiger partial charge in [-0.25, -0.2) is 4.79 Å². The van der Waals surface area contributed by atoms with E-state index in [-0.39, 0.29) is 11.0 Å². The number of carbonyl (C=O) groups is 1. The normalized spacial score (nSPS) is 13.1. The Morgan fingerprint density at radius 3 is 2.53 bits per heavy atom. The van der Waals surface area contributed by atoms with Gasteiger partial charge in [-0.1, -0.05) is 18.2 Å². The van der Waals surface area contributed by atoms with Gasteiger partial charge in [0.15, 0.2) is 0 Å². The van der Waals surface area contributed by atoms with Crippen LogP contribution in [0.2, 0.25) is 0 Å². The lowest BCUT2D eigenvalue weighted by atomic mass is 9.90. The Hall–Kier alpha value is -1.98. The van der Waals surface area contributed by atoms with Crippen LogP contribution in [-0.2, 0) is 12.8 Å². The molecule has 0 saturated heterocycles. The SMILES string of the molecule is O.O.O=C(O)c1c2c(nc3ccccc13)CCCC2. The summed E-state index contributed by atoms with van der Waals surface area (Å²) in [7, 11) is 0. The van der Waals surface area contributed by atoms with Gasteiger partial charge in [0.05, 0.1) is 11.1 Å². The summed E-state index contributed by atoms with van der Waals surface area (Å²) in [6, 6.07) is 7.50. The summed E-state index contributed by atoms with van der Waals surface area (Å²) in [5.41, 5.74) is 3.19. The number of rotatable bonds is 1. The Labute approximate surface area is 110 Å². The van der Waals surface area contributed by atoms with Crippen LogP contribution in [0.15, 0.2) is 24.3 Å². The maximum atomic E-state index is 11.5. The van der Waals surface area contributed by atoms with Crippen molar-refractivity contribution in [3.8, 4) is 0 Å². The van der Waals surface area contributed by atoms with E-state index in [4.69, 9.17) is 0 Å². The molecular weight excluding hydrogens is 246 g/mol. The Morgan fingerprint density at radius 2 is 1.79 bits per heavy atom. The highest BCUT2D eigenvalue weighted by Gasteiger charge is 2.21. The Kier molecular flexibility index (Phi) is 4.58. The topological polar surface area (TPSA) is 113 Å². The molecule has 0 aliphatic heterocycles. The average molecular weight is 263 g/mol. The molecule has 0 amide bonds. The second-order valence-electron chi connectivity index (χ2n) is 4.44. The number of carboxylic acids is 1. The first-order chi connectivity index (χ1) is 8.27. The zero-order valence-electron chi connectivity index (χ0n) is 10.4. The van der Waals surface area contributed by atoms with Crippen LogP contribution >= 0.6 is 0 Å². The minimum Gasteiger partial charge on any atom is -0.478 e. The van der Waals surface area contributed by atoms with Crippen LogP contribution in [0.4, 0.5) is 0 Å². The molecule has 0 bridgehead atoms. The fourth-order valence-electron chi connectivity index (χ4n) is 2.62. The molecule has 1 aliphatic carbocycles. The van der Waals surface area contributed by atoms with Crippen molar-refractivity contribution >= 4 is 16.9 Å². The molecule has 0 saturated carbocycles. The summed E-state index contributed by atoms with van der Waals surface area (Å²) in [5.74, 6) is -0.832. The highest BCUT2D eigenvalue weighted by atomic mass is 16.4. The third kappa shape index (κ3) is 2.43. The number of para-hydroxylation sites is 1. The minimum absolute atomic E-state index is 0. The van der Waals surface area contributed by atoms with Crippen LogP contribution in [0.5, 0.6) is 0 Å². The van der Waals surface area contributed by atoms with E-state index in [1.54, 1.807) is 0 Å². The lowest BCUT2D eigenvalue weighted by Gasteiger charge is -2.18. The minimum atomic E-state index is -0.832. The second-order valence-corrected chi connectivity index (χ2v) is 4.44. The molecule has 1 aromatic heterocycles. The standard InChI is InChI=1S/C14H13NO2.2H2O/c16-14(17)13-9-5-1-3-7-11(9)15-12-8-4-2-6-10(12)13;;/h1,3,5,7H,2,4,6,8H2,(H,16,17);2*1H2. The van der Waals surface area contributed by atoms with Gasteiger partial charge < -0.3 is 16.1 Å². The van der Waals surface area contributed by atoms with Gasteiger partial charge in [-0.05, 0) is 37.3 Å². The van der Waals surface area contributed by atoms with E-state index >= 15 is 0 Å². The Bertz CT molecular complexity index is 610. The molecule has 0 fully saturated rings. The van der Waals surface area contributed by atoms with Crippen molar-refractivity contribution in [2.45, 2.75) is 25.7 Å². The fourth-order valence-corrected chi connectivity index (χ4v) is 2.62. The molecule has 19 heavy (non-hydrogen) atoms. The molecule has 5 nitrogen and oxygen atoms in total. The first kappa shape index (κ1) is 15.1. The molecule has 1 aromatic carbocycles. The quantitative estimate of drug-likeness (QED) is 0.832. The summed E-state index contributed by atoms with van der Waals surface area (Å²) in [5, 5.41) is 10.2. The molecule has 3 rings (SSSR count). The van der Waals surface area contributed by atoms with Crippen LogP contribution in [0.1, 0.15) is 34.5 Å². The summed E-state index contributed by atoms with van der Waals surface area (Å²) >= 11 is 0. The lowest BCUT2D eigenvalue weighted by molar-refractivity contribution is 0.0697. The second kappa shape index (κ2) is 5.77. The molecule has 1 heterocycles. The molecule has 0 atom stereocenters. The van der Waals surface area contributed by atoms with Gasteiger partial charge in [-0.15, -0.1) is 0 Å². The third-order valence-electron chi connectivity index (χ3n) is 3.38. The van der Waals surface area contributed by atoms with E-state index < -0.39 is 5.97 Å². The molecule has 0 radical (unpaired) electrons. The van der Waals surface area contributed by atoms with Crippen molar-refractivity contribution in [2.75, 3.05) is 0 Å². The number of hydrogen-bond acceptors (Lipinski definition) is 2. The van der Waals surface area contributed by atoms with E-state index in [1.165, 1.54) is 0 Å². The fraction of sp³-hybridized carbons (Fsp3) is 0.286. The summed E-state index contributed by atoms with van der Waals surface area (Å²) in [4.78, 5) is 16.1. The van der Waals surface area contributed by atoms with Crippen LogP contribution < -0.4 is 0 Å². The largest absolute Gasteiger partial charge is 0.478 e. The molecule has 5 heteroatoms. The molecule has 0 spiro atoms. The van der Waals surface area contributed by atoms with Crippen molar-refractivity contribution in [3.05, 3.63) is 41.1 Å². The number of aromatic carboxylic acids is 1. The van der Waals surface area contributed by atoms with Crippen LogP contribution in [0.3, 0.4) is 0 Å². The zero-order valence-corrected chi connectivity index (χ0v) is 10.4. The van der Waals surface area contributed by atoms with Crippen molar-refractivity contribution in [1.82, 2.24) is 4.98 Å². The van der Waals surface area contributed by atoms with Crippen molar-refractivity contribution in [3.63, 3.8) is 0 Å². The van der Waals surface area contributed by atoms with Crippen LogP contribution in [-0.4, -0.2) is 27.0 Å². The summed E-state index contributed by atoms with van der Waals surface area (Å²) < 4.78 is 0. The van der Waals surface area contributed by atoms with Gasteiger partial charge in [0, 0.05) is 11.1 Å². The van der Waals surface area contributed by atoms with Gasteiger partial charge in [0.1, 0.15) is 0 Å². The third-order valence-corrected chi connectivity index (χ3v) is 3.38. The molecule has 5 N–H and O–H groups in total. The van der Waals surface area contributed by atoms with Crippen molar-refractivity contribution in [2.24, 2.45) is 0 Å². The zero-order chi connectivity index (χ0) is 11.8. The molecular formula is C14H17NO4. The molecule has 102 valence electrons. The van der Waals surface area contributed by atoms with Gasteiger partial charge in [0.2, 0.25) is 0 Å². The smallest absolute Gasteiger partial charge is 0.336 e. The van der Waals surface area contributed by atoms with Crippen molar-refractivity contribution in [1.29, 1.82) is 0 Å². The molecule has 1 aliphatic rings. The molecule has 2 aromatic rings. The highest BCUT2D eigenvalue weighted by molar-refractivity contribution is 6.04. The first-order valence-electron chi connectivity index (χ1n) is 5.91. The van der Waals surface area contributed by atoms with E-state index in [2.05, 4.69) is 4.98 Å². The Morgan fingerprint density at radius 1 is 1.11 bits per heavy atom. The van der Waals surface area contributed by atoms with Gasteiger partial charge >= 0.3 is 5.97 Å². The van der Waals surface area contributed by atoms with Gasteiger partial charge in [0.25, 0.3) is 0 Å². The number of pyridine rings is 1. The van der Waals surface area contributed by atoms with Crippen LogP contribution in [0, 0.1) is 0 Å². The summed E-state index contributed by atoms with van der Waals surface area (Å²) in [6.07, 6.45) is 3.92. The van der Waals surface area contributed by atoms with Crippen molar-refractivity contribution < 1.29 is 20.9 Å². The monoisotopic (exact) mass is 263 g/mol. The predicted octanol–water partition coefficient (Wildman–Crippen LogP) is 1.16. The van der Waals surface area contributed by atoms with E-state index in [1.807, 2.05) is 24.3 Å². The highest BCUT2D eigenvalue weighted by Crippen LogP contribution is 2.28. The number of carboxylic acid groups (broad SMARTS) is 1. The number of benzene rings is 1. The van der Waals surface area contributed by atoms with E-state index in [9.17, 15) is 9.90 Å². The maximum absolute atomic E-state index is 11.5. The number of aromatic nitrogens is 1. The maximum Gasteiger partial charge on any atom is 0.336 e. The lowest BCUT2D eigenvalue weighted by Crippen LogP contribution is -2.13. The summed E-state index contributed by atoms with van der Waals surface area (Å²) in [6.45, 7) is 0. The van der Waals surface area contributed by atoms with Gasteiger partial charge in [-0.3, -0.25) is 4.98 Å². The van der Waals surface area contributed by atoms with E-state index in [0.29, 0.717) is 5.56 Å². The number of aryl methyl sites for hydroxylation is 1. The van der Waals surface area contributed by atoms with E-state index in [0.717, 1.165) is 47.8 Å². The number of hydrogen-bond donors (Lipinski definition) is 1. The van der Waals surface area contributed by atoms with Crippen LogP contribution in [0.25, 0.3) is 10.9 Å². The predicted molar refractivity (Wildman–Crippen MR) is 72.6 cm³/mol. The molecule has 0 unspecified atom stereocenters. The first-order valence-corrected chi connectivity index (χ1v) is 5.91.